The van der Waals surface area contributed by atoms with E-state index in [4.69, 9.17) is 9.15 Å². The van der Waals surface area contributed by atoms with E-state index in [1.54, 1.807) is 24.3 Å². The van der Waals surface area contributed by atoms with Gasteiger partial charge in [0.15, 0.2) is 11.4 Å². The number of halogens is 4. The van der Waals surface area contributed by atoms with Crippen molar-refractivity contribution in [2.45, 2.75) is 76.5 Å². The highest BCUT2D eigenvalue weighted by atomic mass is 19.4. The van der Waals surface area contributed by atoms with Crippen LogP contribution in [0, 0.1) is 29.5 Å². The summed E-state index contributed by atoms with van der Waals surface area (Å²) in [5.74, 6) is 0.765. The minimum atomic E-state index is -4.35. The molecule has 0 amide bonds. The average molecular weight is 677 g/mol. The zero-order chi connectivity index (χ0) is 34.1. The van der Waals surface area contributed by atoms with Crippen LogP contribution in [0.2, 0.25) is 0 Å². The number of fused-ring (bicyclic) bond motifs is 3. The Hall–Kier alpha value is -4.21. The molecule has 3 aromatic carbocycles. The number of benzene rings is 3. The first-order valence-electron chi connectivity index (χ1n) is 17.4. The first-order valence-corrected chi connectivity index (χ1v) is 17.4. The number of Topliss-reactive ketones (excluding diaryl/α,β-unsaturated/α-hetero) is 2. The highest BCUT2D eigenvalue weighted by Gasteiger charge is 2.38. The second-order valence-corrected chi connectivity index (χ2v) is 14.0. The fourth-order valence-electron chi connectivity index (χ4n) is 8.21. The molecule has 258 valence electrons. The number of ketones is 2. The summed E-state index contributed by atoms with van der Waals surface area (Å²) in [6.45, 7) is 1.32. The lowest BCUT2D eigenvalue weighted by Gasteiger charge is -2.33. The zero-order valence-corrected chi connectivity index (χ0v) is 27.3. The van der Waals surface area contributed by atoms with Crippen LogP contribution in [0.1, 0.15) is 90.8 Å². The smallest absolute Gasteiger partial charge is 0.416 e. The molecule has 3 aliphatic rings. The third kappa shape index (κ3) is 7.53. The summed E-state index contributed by atoms with van der Waals surface area (Å²) in [5, 5.41) is 0. The molecule has 0 N–H and O–H groups in total. The Balaban J connectivity index is 0.960. The van der Waals surface area contributed by atoms with E-state index < -0.39 is 11.7 Å². The molecule has 1 aliphatic heterocycles. The fraction of sp³-hybridized carbons (Fsp3) is 0.462. The van der Waals surface area contributed by atoms with Crippen LogP contribution in [0.25, 0.3) is 11.1 Å². The average Bonchev–Trinajstić information content (AvgIpc) is 3.39. The third-order valence-electron chi connectivity index (χ3n) is 10.8. The van der Waals surface area contributed by atoms with E-state index in [2.05, 4.69) is 9.88 Å². The summed E-state index contributed by atoms with van der Waals surface area (Å²) in [7, 11) is 0. The molecule has 4 unspecified atom stereocenters. The maximum absolute atomic E-state index is 13.9. The van der Waals surface area contributed by atoms with E-state index >= 15 is 0 Å². The van der Waals surface area contributed by atoms with E-state index in [0.717, 1.165) is 69.2 Å². The van der Waals surface area contributed by atoms with Gasteiger partial charge in [0.05, 0.1) is 5.56 Å². The van der Waals surface area contributed by atoms with Crippen molar-refractivity contribution in [3.63, 3.8) is 0 Å². The molecular formula is C39H40F4N2O4. The molecule has 1 aromatic heterocycles. The number of ether oxygens (including phenoxy) is 1. The molecule has 2 bridgehead atoms. The van der Waals surface area contributed by atoms with Gasteiger partial charge in [-0.15, -0.1) is 0 Å². The monoisotopic (exact) mass is 676 g/mol. The first kappa shape index (κ1) is 33.3. The number of rotatable bonds is 7. The highest BCUT2D eigenvalue weighted by Crippen LogP contribution is 2.43. The van der Waals surface area contributed by atoms with Gasteiger partial charge in [-0.1, -0.05) is 19.3 Å². The minimum absolute atomic E-state index is 0.0560. The van der Waals surface area contributed by atoms with E-state index in [1.807, 2.05) is 6.07 Å². The molecule has 4 aromatic rings. The lowest BCUT2D eigenvalue weighted by atomic mass is 9.73. The van der Waals surface area contributed by atoms with Crippen molar-refractivity contribution in [1.29, 1.82) is 0 Å². The number of piperidine rings is 1. The molecule has 6 nitrogen and oxygen atoms in total. The summed E-state index contributed by atoms with van der Waals surface area (Å²) >= 11 is 0. The van der Waals surface area contributed by atoms with Crippen molar-refractivity contribution in [1.82, 2.24) is 4.98 Å². The van der Waals surface area contributed by atoms with Crippen LogP contribution in [-0.2, 0) is 6.18 Å². The molecule has 0 spiro atoms. The number of hydrogen-bond acceptors (Lipinski definition) is 6. The molecule has 7 rings (SSSR count). The molecule has 2 heterocycles. The molecule has 10 heteroatoms. The molecule has 3 fully saturated rings. The number of carbonyl (C=O) groups excluding carboxylic acids is 2. The van der Waals surface area contributed by atoms with Gasteiger partial charge >= 0.3 is 6.18 Å². The predicted octanol–water partition coefficient (Wildman–Crippen LogP) is 9.71. The maximum Gasteiger partial charge on any atom is 0.416 e. The summed E-state index contributed by atoms with van der Waals surface area (Å²) < 4.78 is 64.6. The minimum Gasteiger partial charge on any atom is -0.490 e. The topological polar surface area (TPSA) is 72.6 Å². The Kier molecular flexibility index (Phi) is 9.48. The standard InChI is InChI=1S/C39H40F4N2O4/c40-29-11-7-25(8-12-29)36(46)27-5-2-4-26-21-24(22-27)3-1-6-33(26)37(47)38-44-34-16-15-32(23-35(34)49-38)48-31-17-19-45(20-18-31)30-13-9-28(10-14-30)39(41,42)43/h7-16,23-24,26-27,31,33H,1-6,17-22H2. The van der Waals surface area contributed by atoms with Gasteiger partial charge in [0.25, 0.3) is 5.89 Å². The van der Waals surface area contributed by atoms with Crippen LogP contribution in [0.5, 0.6) is 5.75 Å². The van der Waals surface area contributed by atoms with E-state index in [9.17, 15) is 27.2 Å². The number of nitrogens with zero attached hydrogens (tertiary/aromatic N) is 2. The highest BCUT2D eigenvalue weighted by molar-refractivity contribution is 5.98. The van der Waals surface area contributed by atoms with Crippen LogP contribution < -0.4 is 9.64 Å². The molecule has 49 heavy (non-hydrogen) atoms. The Labute approximate surface area is 282 Å². The molecular weight excluding hydrogens is 636 g/mol. The number of hydrogen-bond donors (Lipinski definition) is 0. The van der Waals surface area contributed by atoms with Crippen molar-refractivity contribution in [2.75, 3.05) is 18.0 Å². The quantitative estimate of drug-likeness (QED) is 0.143. The van der Waals surface area contributed by atoms with Gasteiger partial charge < -0.3 is 14.1 Å². The maximum atomic E-state index is 13.9. The number of anilines is 1. The normalized spacial score (nSPS) is 23.8. The zero-order valence-electron chi connectivity index (χ0n) is 27.3. The van der Waals surface area contributed by atoms with Gasteiger partial charge in [0.1, 0.15) is 23.2 Å². The second kappa shape index (κ2) is 14.0. The second-order valence-electron chi connectivity index (χ2n) is 14.0. The van der Waals surface area contributed by atoms with Crippen LogP contribution in [-0.4, -0.2) is 35.7 Å². The summed E-state index contributed by atoms with van der Waals surface area (Å²) in [6, 6.07) is 16.5. The molecule has 0 radical (unpaired) electrons. The number of alkyl halides is 3. The number of carbonyl (C=O) groups is 2. The van der Waals surface area contributed by atoms with Crippen molar-refractivity contribution in [3.8, 4) is 5.75 Å². The molecule has 2 aliphatic carbocycles. The Morgan fingerprint density at radius 2 is 1.55 bits per heavy atom. The largest absolute Gasteiger partial charge is 0.490 e. The van der Waals surface area contributed by atoms with Crippen LogP contribution >= 0.6 is 0 Å². The lowest BCUT2D eigenvalue weighted by Crippen LogP contribution is -2.38. The Morgan fingerprint density at radius 1 is 0.816 bits per heavy atom. The van der Waals surface area contributed by atoms with Gasteiger partial charge in [0, 0.05) is 55.1 Å². The summed E-state index contributed by atoms with van der Waals surface area (Å²) in [6.07, 6.45) is 3.87. The van der Waals surface area contributed by atoms with E-state index in [-0.39, 0.29) is 47.1 Å². The van der Waals surface area contributed by atoms with Crippen molar-refractivity contribution < 1.29 is 36.3 Å². The van der Waals surface area contributed by atoms with Crippen LogP contribution in [0.15, 0.2) is 71.1 Å². The van der Waals surface area contributed by atoms with Crippen molar-refractivity contribution >= 4 is 28.4 Å². The third-order valence-corrected chi connectivity index (χ3v) is 10.8. The predicted molar refractivity (Wildman–Crippen MR) is 177 cm³/mol. The van der Waals surface area contributed by atoms with Crippen LogP contribution in [0.4, 0.5) is 23.2 Å². The van der Waals surface area contributed by atoms with Gasteiger partial charge in [-0.2, -0.15) is 13.2 Å². The summed E-state index contributed by atoms with van der Waals surface area (Å²) in [5.41, 5.74) is 1.76. The first-order chi connectivity index (χ1) is 23.6. The van der Waals surface area contributed by atoms with Crippen molar-refractivity contribution in [2.24, 2.45) is 23.7 Å². The van der Waals surface area contributed by atoms with E-state index in [0.29, 0.717) is 54.3 Å². The van der Waals surface area contributed by atoms with E-state index in [1.165, 1.54) is 24.3 Å². The molecule has 2 saturated carbocycles. The number of aromatic nitrogens is 1. The number of oxazole rings is 1. The van der Waals surface area contributed by atoms with Gasteiger partial charge in [-0.25, -0.2) is 9.37 Å². The van der Waals surface area contributed by atoms with Gasteiger partial charge in [-0.05, 0) is 105 Å². The van der Waals surface area contributed by atoms with Crippen LogP contribution in [0.3, 0.4) is 0 Å². The molecule has 1 saturated heterocycles. The SMILES string of the molecule is O=C(c1ccc(F)cc1)C1CCCC2CC(CCCC2C(=O)c2nc3ccc(OC4CCN(c5ccc(C(F)(F)F)cc5)CC4)cc3o2)C1. The fourth-order valence-corrected chi connectivity index (χ4v) is 8.21. The van der Waals surface area contributed by atoms with Crippen molar-refractivity contribution in [3.05, 3.63) is 89.6 Å². The summed E-state index contributed by atoms with van der Waals surface area (Å²) in [4.78, 5) is 33.8. The van der Waals surface area contributed by atoms with Gasteiger partial charge in [-0.3, -0.25) is 9.59 Å². The Bertz CT molecular complexity index is 1780. The van der Waals surface area contributed by atoms with Gasteiger partial charge in [0.2, 0.25) is 5.78 Å². The Morgan fingerprint density at radius 3 is 2.29 bits per heavy atom. The lowest BCUT2D eigenvalue weighted by molar-refractivity contribution is -0.137. The molecule has 4 atom stereocenters.